The normalized spacial score (nSPS) is 13.5. The Balaban J connectivity index is 3.82. The lowest BCUT2D eigenvalue weighted by molar-refractivity contribution is -0.0572. The molecule has 1 heteroatoms. The Labute approximate surface area is 77.5 Å². The average molecular weight is 172 g/mol. The molecule has 0 rings (SSSR count). The molecule has 0 saturated carbocycles. The van der Waals surface area contributed by atoms with Gasteiger partial charge in [0.25, 0.3) is 0 Å². The minimum atomic E-state index is 0.0481. The summed E-state index contributed by atoms with van der Waals surface area (Å²) in [5, 5.41) is 0. The molecule has 0 N–H and O–H groups in total. The highest BCUT2D eigenvalue weighted by Gasteiger charge is 2.21. The first kappa shape index (κ1) is 12.0. The first-order chi connectivity index (χ1) is 5.33. The summed E-state index contributed by atoms with van der Waals surface area (Å²) in [5.74, 6) is 0. The summed E-state index contributed by atoms with van der Waals surface area (Å²) in [6.07, 6.45) is 2.25. The Morgan fingerprint density at radius 1 is 0.917 bits per heavy atom. The first-order valence-electron chi connectivity index (χ1n) is 4.97. The van der Waals surface area contributed by atoms with E-state index in [0.717, 1.165) is 13.0 Å². The molecule has 0 unspecified atom stereocenters. The van der Waals surface area contributed by atoms with Crippen molar-refractivity contribution in [1.82, 2.24) is 0 Å². The standard InChI is InChI=1S/C11H24O/c1-7-10(3,4)9-12-11(5,6)8-2/h7-9H2,1-6H3. The zero-order chi connectivity index (χ0) is 9.83. The van der Waals surface area contributed by atoms with Crippen molar-refractivity contribution in [2.45, 2.75) is 60.0 Å². The van der Waals surface area contributed by atoms with Crippen molar-refractivity contribution in [3.8, 4) is 0 Å². The van der Waals surface area contributed by atoms with E-state index in [1.54, 1.807) is 0 Å². The Kier molecular flexibility index (Phi) is 4.25. The van der Waals surface area contributed by atoms with Gasteiger partial charge in [0, 0.05) is 0 Å². The predicted octanol–water partition coefficient (Wildman–Crippen LogP) is 3.63. The van der Waals surface area contributed by atoms with Gasteiger partial charge in [-0.3, -0.25) is 0 Å². The first-order valence-corrected chi connectivity index (χ1v) is 4.97. The Bertz CT molecular complexity index is 109. The second-order valence-corrected chi connectivity index (χ2v) is 4.92. The van der Waals surface area contributed by atoms with Gasteiger partial charge in [-0.2, -0.15) is 0 Å². The molecule has 0 heterocycles. The van der Waals surface area contributed by atoms with Crippen molar-refractivity contribution in [3.63, 3.8) is 0 Å². The molecular weight excluding hydrogens is 148 g/mol. The van der Waals surface area contributed by atoms with Gasteiger partial charge in [0.15, 0.2) is 0 Å². The molecule has 74 valence electrons. The van der Waals surface area contributed by atoms with Crippen LogP contribution in [0.5, 0.6) is 0 Å². The summed E-state index contributed by atoms with van der Waals surface area (Å²) < 4.78 is 5.83. The summed E-state index contributed by atoms with van der Waals surface area (Å²) in [7, 11) is 0. The third kappa shape index (κ3) is 4.76. The van der Waals surface area contributed by atoms with Gasteiger partial charge < -0.3 is 4.74 Å². The van der Waals surface area contributed by atoms with Crippen LogP contribution < -0.4 is 0 Å². The topological polar surface area (TPSA) is 9.23 Å². The fraction of sp³-hybridized carbons (Fsp3) is 1.00. The molecule has 0 fully saturated rings. The van der Waals surface area contributed by atoms with Gasteiger partial charge in [0.1, 0.15) is 0 Å². The second kappa shape index (κ2) is 4.27. The molecule has 0 saturated heterocycles. The zero-order valence-corrected chi connectivity index (χ0v) is 9.53. The maximum atomic E-state index is 5.83. The Morgan fingerprint density at radius 2 is 1.42 bits per heavy atom. The summed E-state index contributed by atoms with van der Waals surface area (Å²) in [4.78, 5) is 0. The van der Waals surface area contributed by atoms with E-state index in [0.29, 0.717) is 5.41 Å². The maximum Gasteiger partial charge on any atom is 0.0624 e. The largest absolute Gasteiger partial charge is 0.375 e. The van der Waals surface area contributed by atoms with Crippen LogP contribution >= 0.6 is 0 Å². The molecule has 0 aliphatic rings. The van der Waals surface area contributed by atoms with Crippen LogP contribution in [0.15, 0.2) is 0 Å². The summed E-state index contributed by atoms with van der Waals surface area (Å²) >= 11 is 0. The molecule has 0 spiro atoms. The second-order valence-electron chi connectivity index (χ2n) is 4.92. The van der Waals surface area contributed by atoms with Crippen molar-refractivity contribution in [2.24, 2.45) is 5.41 Å². The van der Waals surface area contributed by atoms with Crippen LogP contribution in [0.2, 0.25) is 0 Å². The third-order valence-corrected chi connectivity index (χ3v) is 2.66. The number of ether oxygens (including phenoxy) is 1. The fourth-order valence-corrected chi connectivity index (χ4v) is 0.595. The van der Waals surface area contributed by atoms with Crippen LogP contribution in [0.1, 0.15) is 54.4 Å². The lowest BCUT2D eigenvalue weighted by atomic mass is 9.91. The van der Waals surface area contributed by atoms with Gasteiger partial charge in [-0.25, -0.2) is 0 Å². The van der Waals surface area contributed by atoms with Crippen molar-refractivity contribution in [3.05, 3.63) is 0 Å². The van der Waals surface area contributed by atoms with E-state index in [4.69, 9.17) is 4.74 Å². The van der Waals surface area contributed by atoms with E-state index in [-0.39, 0.29) is 5.60 Å². The van der Waals surface area contributed by atoms with E-state index in [9.17, 15) is 0 Å². The molecule has 0 aromatic carbocycles. The molecule has 0 atom stereocenters. The number of hydrogen-bond donors (Lipinski definition) is 0. The molecule has 1 nitrogen and oxygen atoms in total. The highest BCUT2D eigenvalue weighted by Crippen LogP contribution is 2.24. The SMILES string of the molecule is CCC(C)(C)COC(C)(C)CC. The van der Waals surface area contributed by atoms with Crippen LogP contribution in [0.4, 0.5) is 0 Å². The minimum absolute atomic E-state index is 0.0481. The monoisotopic (exact) mass is 172 g/mol. The van der Waals surface area contributed by atoms with Crippen molar-refractivity contribution < 1.29 is 4.74 Å². The van der Waals surface area contributed by atoms with E-state index >= 15 is 0 Å². The molecule has 12 heavy (non-hydrogen) atoms. The summed E-state index contributed by atoms with van der Waals surface area (Å²) in [5.41, 5.74) is 0.374. The fourth-order valence-electron chi connectivity index (χ4n) is 0.595. The van der Waals surface area contributed by atoms with E-state index in [1.807, 2.05) is 0 Å². The van der Waals surface area contributed by atoms with Gasteiger partial charge >= 0.3 is 0 Å². The highest BCUT2D eigenvalue weighted by molar-refractivity contribution is 4.70. The quantitative estimate of drug-likeness (QED) is 0.615. The molecule has 0 amide bonds. The predicted molar refractivity (Wildman–Crippen MR) is 54.4 cm³/mol. The highest BCUT2D eigenvalue weighted by atomic mass is 16.5. The van der Waals surface area contributed by atoms with Gasteiger partial charge in [-0.15, -0.1) is 0 Å². The molecule has 0 bridgehead atoms. The lowest BCUT2D eigenvalue weighted by Crippen LogP contribution is -2.29. The van der Waals surface area contributed by atoms with Crippen molar-refractivity contribution >= 4 is 0 Å². The van der Waals surface area contributed by atoms with Crippen LogP contribution in [-0.4, -0.2) is 12.2 Å². The van der Waals surface area contributed by atoms with Crippen LogP contribution in [-0.2, 0) is 4.74 Å². The zero-order valence-electron chi connectivity index (χ0n) is 9.53. The van der Waals surface area contributed by atoms with E-state index in [2.05, 4.69) is 41.5 Å². The smallest absolute Gasteiger partial charge is 0.0624 e. The number of rotatable bonds is 5. The van der Waals surface area contributed by atoms with Gasteiger partial charge in [-0.1, -0.05) is 27.7 Å². The summed E-state index contributed by atoms with van der Waals surface area (Å²) in [6, 6.07) is 0. The average Bonchev–Trinajstić information content (AvgIpc) is 2.02. The molecular formula is C11H24O. The molecule has 0 aliphatic carbocycles. The summed E-state index contributed by atoms with van der Waals surface area (Å²) in [6.45, 7) is 14.0. The van der Waals surface area contributed by atoms with Crippen LogP contribution in [0.3, 0.4) is 0 Å². The number of hydrogen-bond acceptors (Lipinski definition) is 1. The van der Waals surface area contributed by atoms with E-state index in [1.165, 1.54) is 6.42 Å². The van der Waals surface area contributed by atoms with E-state index < -0.39 is 0 Å². The lowest BCUT2D eigenvalue weighted by Gasteiger charge is -2.30. The van der Waals surface area contributed by atoms with Crippen LogP contribution in [0.25, 0.3) is 0 Å². The minimum Gasteiger partial charge on any atom is -0.375 e. The molecule has 0 aromatic heterocycles. The van der Waals surface area contributed by atoms with Gasteiger partial charge in [0.2, 0.25) is 0 Å². The Morgan fingerprint density at radius 3 is 1.75 bits per heavy atom. The van der Waals surface area contributed by atoms with Crippen molar-refractivity contribution in [2.75, 3.05) is 6.61 Å². The molecule has 0 aliphatic heterocycles. The maximum absolute atomic E-state index is 5.83. The molecule has 0 radical (unpaired) electrons. The Hall–Kier alpha value is -0.0400. The third-order valence-electron chi connectivity index (χ3n) is 2.66. The van der Waals surface area contributed by atoms with Gasteiger partial charge in [-0.05, 0) is 32.1 Å². The van der Waals surface area contributed by atoms with Gasteiger partial charge in [0.05, 0.1) is 12.2 Å². The van der Waals surface area contributed by atoms with Crippen LogP contribution in [0, 0.1) is 5.41 Å². The van der Waals surface area contributed by atoms with Crippen molar-refractivity contribution in [1.29, 1.82) is 0 Å². The molecule has 0 aromatic rings.